The molecule has 1 amide bonds. The van der Waals surface area contributed by atoms with E-state index in [1.807, 2.05) is 36.7 Å². The van der Waals surface area contributed by atoms with Crippen LogP contribution in [0.1, 0.15) is 40.2 Å². The molecule has 4 nitrogen and oxygen atoms in total. The second-order valence-electron chi connectivity index (χ2n) is 6.72. The van der Waals surface area contributed by atoms with Crippen LogP contribution in [0.2, 0.25) is 0 Å². The predicted molar refractivity (Wildman–Crippen MR) is 96.8 cm³/mol. The molecule has 4 rings (SSSR count). The van der Waals surface area contributed by atoms with Gasteiger partial charge in [-0.25, -0.2) is 13.8 Å². The van der Waals surface area contributed by atoms with Crippen molar-refractivity contribution >= 4 is 27.5 Å². The van der Waals surface area contributed by atoms with Crippen LogP contribution in [0.5, 0.6) is 0 Å². The molecule has 0 radical (unpaired) electrons. The van der Waals surface area contributed by atoms with Crippen molar-refractivity contribution in [3.63, 3.8) is 0 Å². The van der Waals surface area contributed by atoms with Crippen molar-refractivity contribution < 1.29 is 13.6 Å². The van der Waals surface area contributed by atoms with Crippen molar-refractivity contribution in [3.8, 4) is 0 Å². The first kappa shape index (κ1) is 17.0. The maximum absolute atomic E-state index is 13.0. The van der Waals surface area contributed by atoms with Gasteiger partial charge in [0.15, 0.2) is 0 Å². The van der Waals surface area contributed by atoms with Crippen molar-refractivity contribution in [3.05, 3.63) is 58.4 Å². The predicted octanol–water partition coefficient (Wildman–Crippen LogP) is 4.12. The molecule has 3 aromatic heterocycles. The Morgan fingerprint density at radius 1 is 1.35 bits per heavy atom. The topological polar surface area (TPSA) is 54.9 Å². The Hall–Kier alpha value is -2.41. The summed E-state index contributed by atoms with van der Waals surface area (Å²) in [5, 5.41) is 4.59. The van der Waals surface area contributed by atoms with E-state index in [-0.39, 0.29) is 18.5 Å². The van der Waals surface area contributed by atoms with Crippen molar-refractivity contribution in [2.24, 2.45) is 0 Å². The fraction of sp³-hybridized carbons (Fsp3) is 0.316. The second-order valence-corrected chi connectivity index (χ2v) is 7.64. The average Bonchev–Trinajstić information content (AvgIpc) is 3.04. The van der Waals surface area contributed by atoms with Crippen LogP contribution < -0.4 is 5.32 Å². The van der Waals surface area contributed by atoms with Crippen LogP contribution in [-0.2, 0) is 6.42 Å². The molecular formula is C19H17F2N3OS. The monoisotopic (exact) mass is 373 g/mol. The molecule has 1 saturated carbocycles. The maximum Gasteiger partial charge on any atom is 0.270 e. The number of carbonyl (C=O) groups is 1. The number of amides is 1. The summed E-state index contributed by atoms with van der Waals surface area (Å²) >= 11 is 1.57. The van der Waals surface area contributed by atoms with Gasteiger partial charge in [0.25, 0.3) is 11.8 Å². The van der Waals surface area contributed by atoms with Gasteiger partial charge in [-0.15, -0.1) is 11.3 Å². The SMILES string of the molecule is Cc1ccc(Cc2cc(C(=O)NC3CC(F)(F)C3)nc3ccsc23)cn1. The van der Waals surface area contributed by atoms with E-state index in [0.29, 0.717) is 6.42 Å². The van der Waals surface area contributed by atoms with Crippen LogP contribution in [0.25, 0.3) is 10.2 Å². The van der Waals surface area contributed by atoms with Crippen LogP contribution >= 0.6 is 11.3 Å². The molecule has 1 N–H and O–H groups in total. The zero-order valence-electron chi connectivity index (χ0n) is 14.1. The molecule has 0 unspecified atom stereocenters. The third-order valence-corrected chi connectivity index (χ3v) is 5.49. The number of hydrogen-bond acceptors (Lipinski definition) is 4. The summed E-state index contributed by atoms with van der Waals surface area (Å²) in [6.07, 6.45) is 1.85. The normalized spacial score (nSPS) is 16.4. The molecule has 7 heteroatoms. The quantitative estimate of drug-likeness (QED) is 0.749. The van der Waals surface area contributed by atoms with Crippen molar-refractivity contribution in [2.75, 3.05) is 0 Å². The minimum Gasteiger partial charge on any atom is -0.348 e. The summed E-state index contributed by atoms with van der Waals surface area (Å²) in [7, 11) is 0. The lowest BCUT2D eigenvalue weighted by atomic mass is 9.88. The van der Waals surface area contributed by atoms with E-state index in [9.17, 15) is 13.6 Å². The highest BCUT2D eigenvalue weighted by Crippen LogP contribution is 2.37. The van der Waals surface area contributed by atoms with Crippen LogP contribution in [-0.4, -0.2) is 27.8 Å². The number of pyridine rings is 2. The van der Waals surface area contributed by atoms with E-state index in [4.69, 9.17) is 0 Å². The van der Waals surface area contributed by atoms with Gasteiger partial charge in [0, 0.05) is 37.2 Å². The van der Waals surface area contributed by atoms with E-state index < -0.39 is 17.9 Å². The van der Waals surface area contributed by atoms with Crippen molar-refractivity contribution in [1.82, 2.24) is 15.3 Å². The third kappa shape index (κ3) is 3.44. The zero-order valence-corrected chi connectivity index (χ0v) is 14.9. The van der Waals surface area contributed by atoms with Crippen LogP contribution in [0, 0.1) is 6.92 Å². The Morgan fingerprint density at radius 2 is 2.15 bits per heavy atom. The van der Waals surface area contributed by atoms with Gasteiger partial charge in [-0.3, -0.25) is 9.78 Å². The molecule has 0 saturated heterocycles. The second kappa shape index (κ2) is 6.39. The molecule has 0 aromatic carbocycles. The van der Waals surface area contributed by atoms with Gasteiger partial charge >= 0.3 is 0 Å². The number of rotatable bonds is 4. The van der Waals surface area contributed by atoms with E-state index in [1.165, 1.54) is 0 Å². The summed E-state index contributed by atoms with van der Waals surface area (Å²) in [6.45, 7) is 1.93. The molecule has 26 heavy (non-hydrogen) atoms. The maximum atomic E-state index is 13.0. The number of hydrogen-bond donors (Lipinski definition) is 1. The van der Waals surface area contributed by atoms with Gasteiger partial charge in [-0.05, 0) is 41.6 Å². The Labute approximate surface area is 153 Å². The van der Waals surface area contributed by atoms with Gasteiger partial charge < -0.3 is 5.32 Å². The summed E-state index contributed by atoms with van der Waals surface area (Å²) in [6, 6.07) is 7.10. The van der Waals surface area contributed by atoms with Gasteiger partial charge in [0.05, 0.1) is 10.2 Å². The number of aryl methyl sites for hydroxylation is 1. The standard InChI is InChI=1S/C19H17F2N3OS/c1-11-2-3-12(10-22-11)6-13-7-16(24-15-4-5-26-17(13)15)18(25)23-14-8-19(20,21)9-14/h2-5,7,10,14H,6,8-9H2,1H3,(H,23,25). The highest BCUT2D eigenvalue weighted by molar-refractivity contribution is 7.17. The summed E-state index contributed by atoms with van der Waals surface area (Å²) < 4.78 is 27.0. The first-order valence-corrected chi connectivity index (χ1v) is 9.25. The van der Waals surface area contributed by atoms with Gasteiger partial charge in [-0.2, -0.15) is 0 Å². The highest BCUT2D eigenvalue weighted by atomic mass is 32.1. The molecule has 3 aromatic rings. The molecule has 1 aliphatic rings. The van der Waals surface area contributed by atoms with Crippen LogP contribution in [0.4, 0.5) is 8.78 Å². The number of fused-ring (bicyclic) bond motifs is 1. The number of thiophene rings is 1. The number of halogens is 2. The molecule has 0 aliphatic heterocycles. The Morgan fingerprint density at radius 3 is 2.85 bits per heavy atom. The molecule has 0 spiro atoms. The molecular weight excluding hydrogens is 356 g/mol. The highest BCUT2D eigenvalue weighted by Gasteiger charge is 2.46. The van der Waals surface area contributed by atoms with Gasteiger partial charge in [-0.1, -0.05) is 6.07 Å². The zero-order chi connectivity index (χ0) is 18.3. The van der Waals surface area contributed by atoms with E-state index in [2.05, 4.69) is 15.3 Å². The van der Waals surface area contributed by atoms with Crippen LogP contribution in [0.3, 0.4) is 0 Å². The fourth-order valence-electron chi connectivity index (χ4n) is 3.12. The minimum atomic E-state index is -2.66. The lowest BCUT2D eigenvalue weighted by Gasteiger charge is -2.35. The number of alkyl halides is 2. The summed E-state index contributed by atoms with van der Waals surface area (Å²) in [5.74, 6) is -3.06. The Balaban J connectivity index is 1.60. The number of carbonyl (C=O) groups excluding carboxylic acids is 1. The molecule has 1 fully saturated rings. The molecule has 0 bridgehead atoms. The number of aromatic nitrogens is 2. The van der Waals surface area contributed by atoms with Crippen molar-refractivity contribution in [2.45, 2.75) is 38.2 Å². The first-order chi connectivity index (χ1) is 12.4. The fourth-order valence-corrected chi connectivity index (χ4v) is 3.97. The summed E-state index contributed by atoms with van der Waals surface area (Å²) in [5.41, 5.74) is 3.99. The molecule has 134 valence electrons. The van der Waals surface area contributed by atoms with E-state index in [1.54, 1.807) is 17.4 Å². The molecule has 0 atom stereocenters. The third-order valence-electron chi connectivity index (χ3n) is 4.51. The lowest BCUT2D eigenvalue weighted by Crippen LogP contribution is -2.50. The largest absolute Gasteiger partial charge is 0.348 e. The number of nitrogens with zero attached hydrogens (tertiary/aromatic N) is 2. The summed E-state index contributed by atoms with van der Waals surface area (Å²) in [4.78, 5) is 21.2. The Bertz CT molecular complexity index is 961. The molecule has 3 heterocycles. The molecule has 1 aliphatic carbocycles. The minimum absolute atomic E-state index is 0.265. The van der Waals surface area contributed by atoms with E-state index in [0.717, 1.165) is 27.0 Å². The number of nitrogens with one attached hydrogen (secondary N) is 1. The lowest BCUT2D eigenvalue weighted by molar-refractivity contribution is -0.0901. The van der Waals surface area contributed by atoms with E-state index >= 15 is 0 Å². The smallest absolute Gasteiger partial charge is 0.270 e. The van der Waals surface area contributed by atoms with Gasteiger partial charge in [0.2, 0.25) is 0 Å². The average molecular weight is 373 g/mol. The Kier molecular flexibility index (Phi) is 4.19. The first-order valence-electron chi connectivity index (χ1n) is 8.37. The van der Waals surface area contributed by atoms with Gasteiger partial charge in [0.1, 0.15) is 5.69 Å². The van der Waals surface area contributed by atoms with Crippen molar-refractivity contribution in [1.29, 1.82) is 0 Å². The van der Waals surface area contributed by atoms with Crippen LogP contribution in [0.15, 0.2) is 35.8 Å².